The summed E-state index contributed by atoms with van der Waals surface area (Å²) in [7, 11) is 0. The van der Waals surface area contributed by atoms with Crippen molar-refractivity contribution in [1.29, 1.82) is 0 Å². The first kappa shape index (κ1) is 16.2. The molecular weight excluding hydrogens is 322 g/mol. The van der Waals surface area contributed by atoms with Gasteiger partial charge in [0.25, 0.3) is 0 Å². The summed E-state index contributed by atoms with van der Waals surface area (Å²) in [5.41, 5.74) is 7.67. The molecule has 8 heteroatoms. The average Bonchev–Trinajstić information content (AvgIpc) is 3.01. The number of anilines is 1. The predicted octanol–water partition coefficient (Wildman–Crippen LogP) is 0.321. The second-order valence-electron chi connectivity index (χ2n) is 5.52. The summed E-state index contributed by atoms with van der Waals surface area (Å²) in [4.78, 5) is 4.26. The third kappa shape index (κ3) is 3.06. The van der Waals surface area contributed by atoms with Crippen molar-refractivity contribution >= 4 is 17.4 Å². The Morgan fingerprint density at radius 1 is 1.30 bits per heavy atom. The number of aliphatic hydroxyl groups excluding tert-OH is 3. The molecule has 4 atom stereocenters. The highest BCUT2D eigenvalue weighted by Gasteiger charge is 2.44. The van der Waals surface area contributed by atoms with Crippen LogP contribution in [0.25, 0.3) is 0 Å². The number of imidazole rings is 1. The number of benzene rings is 1. The zero-order valence-corrected chi connectivity index (χ0v) is 13.0. The molecule has 1 aromatic heterocycles. The molecule has 0 saturated carbocycles. The van der Waals surface area contributed by atoms with Crippen LogP contribution in [0.2, 0.25) is 5.02 Å². The molecule has 23 heavy (non-hydrogen) atoms. The maximum atomic E-state index is 10.1. The molecule has 124 valence electrons. The van der Waals surface area contributed by atoms with Crippen LogP contribution in [-0.2, 0) is 11.2 Å². The Balaban J connectivity index is 1.82. The zero-order chi connectivity index (χ0) is 16.6. The maximum absolute atomic E-state index is 10.1. The van der Waals surface area contributed by atoms with E-state index in [0.29, 0.717) is 23.0 Å². The van der Waals surface area contributed by atoms with E-state index in [0.717, 1.165) is 5.56 Å². The Kier molecular flexibility index (Phi) is 4.56. The van der Waals surface area contributed by atoms with Crippen LogP contribution in [0.5, 0.6) is 0 Å². The van der Waals surface area contributed by atoms with Gasteiger partial charge in [-0.25, -0.2) is 4.98 Å². The Morgan fingerprint density at radius 2 is 2.09 bits per heavy atom. The molecule has 7 nitrogen and oxygen atoms in total. The molecule has 5 N–H and O–H groups in total. The van der Waals surface area contributed by atoms with Gasteiger partial charge in [-0.15, -0.1) is 0 Å². The topological polar surface area (TPSA) is 114 Å². The molecule has 1 saturated heterocycles. The Labute approximate surface area is 137 Å². The first-order valence-corrected chi connectivity index (χ1v) is 7.57. The lowest BCUT2D eigenvalue weighted by atomic mass is 10.1. The van der Waals surface area contributed by atoms with E-state index in [-0.39, 0.29) is 0 Å². The molecule has 0 radical (unpaired) electrons. The van der Waals surface area contributed by atoms with Gasteiger partial charge in [0.2, 0.25) is 0 Å². The van der Waals surface area contributed by atoms with Crippen LogP contribution < -0.4 is 5.73 Å². The molecule has 1 aromatic carbocycles. The van der Waals surface area contributed by atoms with Crippen molar-refractivity contribution < 1.29 is 20.1 Å². The fourth-order valence-electron chi connectivity index (χ4n) is 2.70. The molecule has 0 aliphatic carbocycles. The lowest BCUT2D eigenvalue weighted by molar-refractivity contribution is -0.0518. The second-order valence-corrected chi connectivity index (χ2v) is 5.96. The number of ether oxygens (including phenoxy) is 1. The van der Waals surface area contributed by atoms with Crippen LogP contribution in [0, 0.1) is 0 Å². The summed E-state index contributed by atoms with van der Waals surface area (Å²) in [6.45, 7) is -0.390. The molecule has 0 unspecified atom stereocenters. The van der Waals surface area contributed by atoms with Crippen molar-refractivity contribution in [2.75, 3.05) is 12.3 Å². The van der Waals surface area contributed by atoms with Crippen LogP contribution >= 0.6 is 11.6 Å². The zero-order valence-electron chi connectivity index (χ0n) is 12.2. The van der Waals surface area contributed by atoms with E-state index in [9.17, 15) is 10.2 Å². The summed E-state index contributed by atoms with van der Waals surface area (Å²) in [6, 6.07) is 7.37. The number of nitrogens with two attached hydrogens (primary N) is 1. The first-order chi connectivity index (χ1) is 11.0. The van der Waals surface area contributed by atoms with Crippen molar-refractivity contribution in [3.05, 3.63) is 46.9 Å². The number of halogens is 1. The number of rotatable bonds is 4. The minimum Gasteiger partial charge on any atom is -0.394 e. The third-order valence-corrected chi connectivity index (χ3v) is 4.20. The fraction of sp³-hybridized carbons (Fsp3) is 0.400. The van der Waals surface area contributed by atoms with Gasteiger partial charge in [0, 0.05) is 11.4 Å². The standard InChI is InChI=1S/C15H18ClN3O4/c16-9-3-1-2-8(4-9)5-10-14(17)19(7-18-10)15-13(22)12(21)11(6-20)23-15/h1-4,7,11-13,15,20-22H,5-6,17H2/t11-,12-,13-,15-/m1/s1. The van der Waals surface area contributed by atoms with Gasteiger partial charge in [-0.1, -0.05) is 23.7 Å². The maximum Gasteiger partial charge on any atom is 0.165 e. The monoisotopic (exact) mass is 339 g/mol. The highest BCUT2D eigenvalue weighted by molar-refractivity contribution is 6.30. The Morgan fingerprint density at radius 3 is 2.74 bits per heavy atom. The van der Waals surface area contributed by atoms with E-state index in [1.807, 2.05) is 18.2 Å². The molecule has 1 aliphatic rings. The number of nitrogen functional groups attached to an aromatic ring is 1. The quantitative estimate of drug-likeness (QED) is 0.638. The molecule has 0 bridgehead atoms. The summed E-state index contributed by atoms with van der Waals surface area (Å²) in [5, 5.41) is 29.7. The molecule has 3 rings (SSSR count). The van der Waals surface area contributed by atoms with E-state index in [1.54, 1.807) is 6.07 Å². The fourth-order valence-corrected chi connectivity index (χ4v) is 2.91. The first-order valence-electron chi connectivity index (χ1n) is 7.19. The van der Waals surface area contributed by atoms with Crippen LogP contribution in [0.1, 0.15) is 17.5 Å². The average molecular weight is 340 g/mol. The lowest BCUT2D eigenvalue weighted by Crippen LogP contribution is -2.33. The Bertz CT molecular complexity index is 693. The minimum absolute atomic E-state index is 0.333. The highest BCUT2D eigenvalue weighted by atomic mass is 35.5. The number of hydrogen-bond acceptors (Lipinski definition) is 6. The number of nitrogens with zero attached hydrogens (tertiary/aromatic N) is 2. The van der Waals surface area contributed by atoms with E-state index >= 15 is 0 Å². The summed E-state index contributed by atoms with van der Waals surface area (Å²) >= 11 is 5.97. The SMILES string of the molecule is Nc1c(Cc2cccc(Cl)c2)ncn1[C@@H]1O[C@H](CO)[C@@H](O)[C@H]1O. The Hall–Kier alpha value is -1.64. The van der Waals surface area contributed by atoms with Gasteiger partial charge in [-0.3, -0.25) is 4.57 Å². The van der Waals surface area contributed by atoms with Crippen LogP contribution in [0.15, 0.2) is 30.6 Å². The second kappa shape index (κ2) is 6.46. The lowest BCUT2D eigenvalue weighted by Gasteiger charge is -2.17. The smallest absolute Gasteiger partial charge is 0.165 e. The van der Waals surface area contributed by atoms with Crippen molar-refractivity contribution in [2.45, 2.75) is 31.0 Å². The summed E-state index contributed by atoms with van der Waals surface area (Å²) < 4.78 is 6.92. The number of hydrogen-bond donors (Lipinski definition) is 4. The van der Waals surface area contributed by atoms with Crippen molar-refractivity contribution in [2.24, 2.45) is 0 Å². The highest BCUT2D eigenvalue weighted by Crippen LogP contribution is 2.32. The third-order valence-electron chi connectivity index (χ3n) is 3.96. The van der Waals surface area contributed by atoms with Crippen LogP contribution in [0.4, 0.5) is 5.82 Å². The predicted molar refractivity (Wildman–Crippen MR) is 83.9 cm³/mol. The molecule has 1 aliphatic heterocycles. The summed E-state index contributed by atoms with van der Waals surface area (Å²) in [5.74, 6) is 0.333. The van der Waals surface area contributed by atoms with Gasteiger partial charge in [0.1, 0.15) is 24.1 Å². The minimum atomic E-state index is -1.19. The van der Waals surface area contributed by atoms with Crippen molar-refractivity contribution in [3.63, 3.8) is 0 Å². The van der Waals surface area contributed by atoms with Gasteiger partial charge in [0.05, 0.1) is 18.6 Å². The van der Waals surface area contributed by atoms with Gasteiger partial charge in [-0.2, -0.15) is 0 Å². The largest absolute Gasteiger partial charge is 0.394 e. The molecular formula is C15H18ClN3O4. The van der Waals surface area contributed by atoms with Crippen LogP contribution in [-0.4, -0.2) is 49.8 Å². The molecule has 0 spiro atoms. The normalized spacial score (nSPS) is 27.5. The van der Waals surface area contributed by atoms with Crippen molar-refractivity contribution in [3.8, 4) is 0 Å². The van der Waals surface area contributed by atoms with Gasteiger partial charge < -0.3 is 25.8 Å². The number of aromatic nitrogens is 2. The van der Waals surface area contributed by atoms with E-state index in [2.05, 4.69) is 4.98 Å². The van der Waals surface area contributed by atoms with E-state index < -0.39 is 31.1 Å². The molecule has 2 heterocycles. The number of aliphatic hydroxyl groups is 3. The summed E-state index contributed by atoms with van der Waals surface area (Å²) in [6.07, 6.45) is -2.18. The van der Waals surface area contributed by atoms with E-state index in [1.165, 1.54) is 10.9 Å². The molecule has 1 fully saturated rings. The van der Waals surface area contributed by atoms with Gasteiger partial charge in [0.15, 0.2) is 6.23 Å². The van der Waals surface area contributed by atoms with Crippen LogP contribution in [0.3, 0.4) is 0 Å². The van der Waals surface area contributed by atoms with Gasteiger partial charge in [-0.05, 0) is 17.7 Å². The van der Waals surface area contributed by atoms with Crippen molar-refractivity contribution in [1.82, 2.24) is 9.55 Å². The van der Waals surface area contributed by atoms with E-state index in [4.69, 9.17) is 27.2 Å². The van der Waals surface area contributed by atoms with Gasteiger partial charge >= 0.3 is 0 Å². The molecule has 0 amide bonds. The molecule has 2 aromatic rings.